The predicted octanol–water partition coefficient (Wildman–Crippen LogP) is 5.91. The molecular formula is C28H33ClN4O4. The molecule has 3 aromatic rings. The molecule has 2 aromatic heterocycles. The summed E-state index contributed by atoms with van der Waals surface area (Å²) in [7, 11) is 2.97. The Balaban J connectivity index is 1.65. The lowest BCUT2D eigenvalue weighted by Gasteiger charge is -2.34. The first-order chi connectivity index (χ1) is 17.8. The maximum Gasteiger partial charge on any atom is 0.414 e. The van der Waals surface area contributed by atoms with Crippen LogP contribution in [0.2, 0.25) is 5.02 Å². The van der Waals surface area contributed by atoms with E-state index in [-0.39, 0.29) is 29.9 Å². The number of imidazole rings is 1. The van der Waals surface area contributed by atoms with Gasteiger partial charge >= 0.3 is 6.09 Å². The summed E-state index contributed by atoms with van der Waals surface area (Å²) in [6, 6.07) is 7.96. The van der Waals surface area contributed by atoms with Gasteiger partial charge in [0.2, 0.25) is 5.88 Å². The minimum absolute atomic E-state index is 0.0411. The smallest absolute Gasteiger partial charge is 0.414 e. The van der Waals surface area contributed by atoms with Crippen LogP contribution in [0.3, 0.4) is 0 Å². The van der Waals surface area contributed by atoms with Crippen molar-refractivity contribution in [2.75, 3.05) is 19.1 Å². The third-order valence-corrected chi connectivity index (χ3v) is 8.18. The number of halogens is 1. The van der Waals surface area contributed by atoms with Crippen LogP contribution in [0.1, 0.15) is 69.1 Å². The van der Waals surface area contributed by atoms with Gasteiger partial charge in [0.05, 0.1) is 36.6 Å². The largest absolute Gasteiger partial charge is 0.480 e. The van der Waals surface area contributed by atoms with Gasteiger partial charge in [0, 0.05) is 30.0 Å². The van der Waals surface area contributed by atoms with Gasteiger partial charge in [0.1, 0.15) is 16.6 Å². The zero-order chi connectivity index (χ0) is 26.3. The number of Topliss-reactive ketones (excluding diaryl/α,β-unsaturated/α-hetero) is 1. The number of anilines is 1. The van der Waals surface area contributed by atoms with Gasteiger partial charge in [-0.15, -0.1) is 0 Å². The average Bonchev–Trinajstić information content (AvgIpc) is 3.27. The molecule has 1 amide bonds. The van der Waals surface area contributed by atoms with Crippen molar-refractivity contribution in [1.82, 2.24) is 14.5 Å². The van der Waals surface area contributed by atoms with Gasteiger partial charge in [0.15, 0.2) is 0 Å². The number of rotatable bonds is 5. The molecule has 1 aliphatic heterocycles. The minimum atomic E-state index is -0.360. The molecule has 1 fully saturated rings. The van der Waals surface area contributed by atoms with E-state index in [1.165, 1.54) is 7.11 Å². The zero-order valence-electron chi connectivity index (χ0n) is 21.8. The number of fused-ring (bicyclic) bond motifs is 3. The van der Waals surface area contributed by atoms with Gasteiger partial charge in [-0.25, -0.2) is 14.8 Å². The van der Waals surface area contributed by atoms with Crippen LogP contribution in [0.25, 0.3) is 11.0 Å². The molecule has 37 heavy (non-hydrogen) atoms. The van der Waals surface area contributed by atoms with Crippen LogP contribution in [0.4, 0.5) is 10.5 Å². The predicted molar refractivity (Wildman–Crippen MR) is 143 cm³/mol. The Labute approximate surface area is 221 Å². The van der Waals surface area contributed by atoms with Crippen molar-refractivity contribution in [2.24, 2.45) is 5.92 Å². The van der Waals surface area contributed by atoms with Crippen LogP contribution in [0.5, 0.6) is 5.88 Å². The average molecular weight is 525 g/mol. The number of ether oxygens (including phenoxy) is 2. The molecular weight excluding hydrogens is 492 g/mol. The van der Waals surface area contributed by atoms with Crippen molar-refractivity contribution in [2.45, 2.75) is 70.9 Å². The molecule has 0 N–H and O–H groups in total. The first kappa shape index (κ1) is 25.5. The maximum absolute atomic E-state index is 12.6. The van der Waals surface area contributed by atoms with E-state index in [2.05, 4.69) is 15.6 Å². The first-order valence-corrected chi connectivity index (χ1v) is 13.3. The Morgan fingerprint density at radius 2 is 1.92 bits per heavy atom. The minimum Gasteiger partial charge on any atom is -0.480 e. The van der Waals surface area contributed by atoms with E-state index in [1.54, 1.807) is 25.0 Å². The second-order valence-corrected chi connectivity index (χ2v) is 10.6. The SMILES string of the molecule is COC(=O)N1c2ccc3c(nc(Cc4ccc(Cl)c(OC)n4)n3[C@@H]3CCC[C@@H](C(C)=O)C3)c2CC[C@@H]1C. The Bertz CT molecular complexity index is 1350. The van der Waals surface area contributed by atoms with Crippen LogP contribution in [-0.2, 0) is 22.4 Å². The highest BCUT2D eigenvalue weighted by atomic mass is 35.5. The lowest BCUT2D eigenvalue weighted by atomic mass is 9.83. The third-order valence-electron chi connectivity index (χ3n) is 7.89. The molecule has 0 unspecified atom stereocenters. The first-order valence-electron chi connectivity index (χ1n) is 12.9. The van der Waals surface area contributed by atoms with Crippen LogP contribution < -0.4 is 9.64 Å². The van der Waals surface area contributed by atoms with E-state index in [4.69, 9.17) is 26.1 Å². The van der Waals surface area contributed by atoms with Crippen molar-refractivity contribution < 1.29 is 19.1 Å². The van der Waals surface area contributed by atoms with Gasteiger partial charge < -0.3 is 14.0 Å². The monoisotopic (exact) mass is 524 g/mol. The van der Waals surface area contributed by atoms with Gasteiger partial charge in [0.25, 0.3) is 0 Å². The van der Waals surface area contributed by atoms with E-state index in [1.807, 2.05) is 19.1 Å². The Kier molecular flexibility index (Phi) is 7.12. The fourth-order valence-corrected chi connectivity index (χ4v) is 6.17. The van der Waals surface area contributed by atoms with Crippen molar-refractivity contribution in [3.63, 3.8) is 0 Å². The second kappa shape index (κ2) is 10.3. The molecule has 0 saturated heterocycles. The summed E-state index contributed by atoms with van der Waals surface area (Å²) in [4.78, 5) is 36.4. The van der Waals surface area contributed by atoms with E-state index in [0.29, 0.717) is 17.3 Å². The number of ketones is 1. The molecule has 2 aliphatic rings. The number of pyridine rings is 1. The number of carbonyl (C=O) groups is 2. The summed E-state index contributed by atoms with van der Waals surface area (Å²) in [5, 5.41) is 0.461. The lowest BCUT2D eigenvalue weighted by Crippen LogP contribution is -2.42. The quantitative estimate of drug-likeness (QED) is 0.412. The highest BCUT2D eigenvalue weighted by Crippen LogP contribution is 2.41. The highest BCUT2D eigenvalue weighted by molar-refractivity contribution is 6.31. The van der Waals surface area contributed by atoms with E-state index in [0.717, 1.165) is 72.3 Å². The number of hydrogen-bond acceptors (Lipinski definition) is 6. The van der Waals surface area contributed by atoms with Crippen LogP contribution in [-0.4, -0.2) is 46.7 Å². The molecule has 8 nitrogen and oxygen atoms in total. The third kappa shape index (κ3) is 4.67. The molecule has 1 aromatic carbocycles. The summed E-state index contributed by atoms with van der Waals surface area (Å²) in [6.07, 6.45) is 5.51. The fourth-order valence-electron chi connectivity index (χ4n) is 5.99. The second-order valence-electron chi connectivity index (χ2n) is 10.2. The Morgan fingerprint density at radius 3 is 2.65 bits per heavy atom. The number of amides is 1. The number of aromatic nitrogens is 3. The molecule has 1 saturated carbocycles. The van der Waals surface area contributed by atoms with E-state index in [9.17, 15) is 9.59 Å². The van der Waals surface area contributed by atoms with E-state index >= 15 is 0 Å². The van der Waals surface area contributed by atoms with Crippen LogP contribution >= 0.6 is 11.6 Å². The molecule has 196 valence electrons. The topological polar surface area (TPSA) is 86.5 Å². The molecule has 0 spiro atoms. The fraction of sp³-hybridized carbons (Fsp3) is 0.500. The molecule has 5 rings (SSSR count). The highest BCUT2D eigenvalue weighted by Gasteiger charge is 2.33. The van der Waals surface area contributed by atoms with Crippen molar-refractivity contribution in [3.05, 3.63) is 46.4 Å². The summed E-state index contributed by atoms with van der Waals surface area (Å²) in [5.74, 6) is 1.58. The number of nitrogens with zero attached hydrogens (tertiary/aromatic N) is 4. The molecule has 9 heteroatoms. The van der Waals surface area contributed by atoms with Gasteiger partial charge in [-0.2, -0.15) is 0 Å². The van der Waals surface area contributed by atoms with Gasteiger partial charge in [-0.1, -0.05) is 18.0 Å². The van der Waals surface area contributed by atoms with Crippen molar-refractivity contribution in [3.8, 4) is 5.88 Å². The summed E-state index contributed by atoms with van der Waals surface area (Å²) in [6.45, 7) is 3.74. The normalized spacial score (nSPS) is 21.5. The summed E-state index contributed by atoms with van der Waals surface area (Å²) in [5.41, 5.74) is 4.64. The zero-order valence-corrected chi connectivity index (χ0v) is 22.5. The molecule has 3 heterocycles. The number of aryl methyl sites for hydroxylation is 1. The summed E-state index contributed by atoms with van der Waals surface area (Å²) < 4.78 is 12.8. The van der Waals surface area contributed by atoms with Gasteiger partial charge in [-0.05, 0) is 70.2 Å². The Hall–Kier alpha value is -3.13. The van der Waals surface area contributed by atoms with Crippen LogP contribution in [0.15, 0.2) is 24.3 Å². The van der Waals surface area contributed by atoms with Crippen molar-refractivity contribution >= 4 is 40.2 Å². The summed E-state index contributed by atoms with van der Waals surface area (Å²) >= 11 is 6.22. The molecule has 1 aliphatic carbocycles. The number of methoxy groups -OCH3 is 2. The number of hydrogen-bond donors (Lipinski definition) is 0. The molecule has 3 atom stereocenters. The standard InChI is InChI=1S/C28H33ClN4O4/c1-16-8-10-21-23(32(16)28(35)37-4)12-13-24-26(21)31-25(15-19-9-11-22(29)27(30-19)36-3)33(24)20-7-5-6-18(14-20)17(2)34/h9,11-13,16,18,20H,5-8,10,14-15H2,1-4H3/t16-,18+,20+/m0/s1. The Morgan fingerprint density at radius 1 is 1.11 bits per heavy atom. The molecule has 0 bridgehead atoms. The van der Waals surface area contributed by atoms with Crippen LogP contribution in [0, 0.1) is 5.92 Å². The number of carbonyl (C=O) groups excluding carboxylic acids is 2. The van der Waals surface area contributed by atoms with Gasteiger partial charge in [-0.3, -0.25) is 9.69 Å². The van der Waals surface area contributed by atoms with E-state index < -0.39 is 0 Å². The molecule has 0 radical (unpaired) electrons. The number of benzene rings is 1. The lowest BCUT2D eigenvalue weighted by molar-refractivity contribution is -0.122. The van der Waals surface area contributed by atoms with Crippen molar-refractivity contribution in [1.29, 1.82) is 0 Å². The maximum atomic E-state index is 12.6.